The lowest BCUT2D eigenvalue weighted by molar-refractivity contribution is 0.317. The van der Waals surface area contributed by atoms with Crippen LogP contribution in [-0.2, 0) is 11.8 Å². The molecule has 0 saturated carbocycles. The van der Waals surface area contributed by atoms with Crippen LogP contribution in [0.1, 0.15) is 44.2 Å². The average molecular weight is 399 g/mol. The number of hydrogen-bond acceptors (Lipinski definition) is 2. The maximum absolute atomic E-state index is 5.95. The van der Waals surface area contributed by atoms with Crippen molar-refractivity contribution in [3.8, 4) is 29.6 Å². The summed E-state index contributed by atoms with van der Waals surface area (Å²) in [5.74, 6) is 5.63. The molecule has 0 aliphatic heterocycles. The van der Waals surface area contributed by atoms with Gasteiger partial charge in [0.15, 0.2) is 0 Å². The van der Waals surface area contributed by atoms with Gasteiger partial charge in [0.05, 0.1) is 12.0 Å². The average Bonchev–Trinajstić information content (AvgIpc) is 2.79. The van der Waals surface area contributed by atoms with Gasteiger partial charge in [-0.2, -0.15) is 0 Å². The number of benzene rings is 3. The highest BCUT2D eigenvalue weighted by molar-refractivity contribution is 5.38. The van der Waals surface area contributed by atoms with E-state index in [4.69, 9.17) is 15.9 Å². The van der Waals surface area contributed by atoms with Gasteiger partial charge in [0.25, 0.3) is 0 Å². The Kier molecular flexibility index (Phi) is 7.57. The van der Waals surface area contributed by atoms with Gasteiger partial charge in [0.1, 0.15) is 17.2 Å². The van der Waals surface area contributed by atoms with Crippen molar-refractivity contribution in [3.63, 3.8) is 0 Å². The van der Waals surface area contributed by atoms with Gasteiger partial charge in [0.2, 0.25) is 0 Å². The van der Waals surface area contributed by atoms with Crippen molar-refractivity contribution in [2.45, 2.75) is 44.9 Å². The second-order valence-electron chi connectivity index (χ2n) is 7.77. The van der Waals surface area contributed by atoms with Gasteiger partial charge in [-0.05, 0) is 80.1 Å². The Morgan fingerprint density at radius 1 is 0.867 bits per heavy atom. The molecule has 0 bridgehead atoms. The Labute approximate surface area is 180 Å². The van der Waals surface area contributed by atoms with E-state index < -0.39 is 0 Å². The van der Waals surface area contributed by atoms with Gasteiger partial charge in [-0.25, -0.2) is 0 Å². The highest BCUT2D eigenvalue weighted by Gasteiger charge is 2.23. The highest BCUT2D eigenvalue weighted by Crippen LogP contribution is 2.31. The number of hydrogen-bond donors (Lipinski definition) is 0. The van der Waals surface area contributed by atoms with Gasteiger partial charge in [-0.3, -0.25) is 0 Å². The van der Waals surface area contributed by atoms with Crippen molar-refractivity contribution in [3.05, 3.63) is 90.0 Å². The zero-order chi connectivity index (χ0) is 21.2. The topological polar surface area (TPSA) is 18.5 Å². The van der Waals surface area contributed by atoms with Crippen LogP contribution in [0.4, 0.5) is 0 Å². The molecule has 3 rings (SSSR count). The lowest BCUT2D eigenvalue weighted by atomic mass is 9.78. The summed E-state index contributed by atoms with van der Waals surface area (Å²) in [5, 5.41) is 0. The minimum Gasteiger partial charge on any atom is -0.494 e. The summed E-state index contributed by atoms with van der Waals surface area (Å²) in [7, 11) is 0. The molecule has 0 aromatic heterocycles. The van der Waals surface area contributed by atoms with Gasteiger partial charge >= 0.3 is 0 Å². The van der Waals surface area contributed by atoms with E-state index in [9.17, 15) is 0 Å². The Bertz CT molecular complexity index is 954. The molecule has 2 nitrogen and oxygen atoms in total. The molecule has 0 saturated heterocycles. The van der Waals surface area contributed by atoms with Crippen LogP contribution in [0.2, 0.25) is 0 Å². The molecular formula is C28H30O2. The smallest absolute Gasteiger partial charge is 0.127 e. The lowest BCUT2D eigenvalue weighted by Gasteiger charge is -2.24. The minimum absolute atomic E-state index is 0.290. The molecule has 0 aliphatic carbocycles. The van der Waals surface area contributed by atoms with Crippen LogP contribution in [0.5, 0.6) is 17.2 Å². The quantitative estimate of drug-likeness (QED) is 0.337. The summed E-state index contributed by atoms with van der Waals surface area (Å²) in [6.45, 7) is 4.98. The third-order valence-corrected chi connectivity index (χ3v) is 5.30. The first-order chi connectivity index (χ1) is 14.6. The summed E-state index contributed by atoms with van der Waals surface area (Å²) in [5.41, 5.74) is 2.13. The van der Waals surface area contributed by atoms with Crippen molar-refractivity contribution in [1.82, 2.24) is 0 Å². The van der Waals surface area contributed by atoms with Crippen LogP contribution < -0.4 is 9.47 Å². The van der Waals surface area contributed by atoms with Crippen LogP contribution in [0.3, 0.4) is 0 Å². The van der Waals surface area contributed by atoms with E-state index in [1.807, 2.05) is 54.6 Å². The SMILES string of the molecule is C#CC(C)(CCCc1cccc(Oc2ccccc2)c1)c1ccc(OCCC)cc1. The molecule has 1 atom stereocenters. The highest BCUT2D eigenvalue weighted by atomic mass is 16.5. The van der Waals surface area contributed by atoms with E-state index in [1.165, 1.54) is 5.56 Å². The van der Waals surface area contributed by atoms with E-state index in [2.05, 4.69) is 44.0 Å². The van der Waals surface area contributed by atoms with Crippen LogP contribution in [0.15, 0.2) is 78.9 Å². The molecule has 0 fully saturated rings. The minimum atomic E-state index is -0.290. The third kappa shape index (κ3) is 5.91. The molecule has 154 valence electrons. The Morgan fingerprint density at radius 2 is 1.60 bits per heavy atom. The number of terminal acetylenes is 1. The Hall–Kier alpha value is -3.18. The largest absolute Gasteiger partial charge is 0.494 e. The first kappa shape index (κ1) is 21.5. The molecule has 0 aliphatic rings. The first-order valence-electron chi connectivity index (χ1n) is 10.7. The van der Waals surface area contributed by atoms with Crippen molar-refractivity contribution in [1.29, 1.82) is 0 Å². The number of para-hydroxylation sites is 1. The van der Waals surface area contributed by atoms with Crippen LogP contribution >= 0.6 is 0 Å². The van der Waals surface area contributed by atoms with Crippen LogP contribution in [-0.4, -0.2) is 6.61 Å². The molecule has 0 spiro atoms. The van der Waals surface area contributed by atoms with Gasteiger partial charge in [-0.15, -0.1) is 6.42 Å². The molecule has 3 aromatic rings. The molecule has 0 radical (unpaired) electrons. The summed E-state index contributed by atoms with van der Waals surface area (Å²) < 4.78 is 11.6. The maximum atomic E-state index is 5.95. The fourth-order valence-corrected chi connectivity index (χ4v) is 3.47. The summed E-state index contributed by atoms with van der Waals surface area (Å²) >= 11 is 0. The van der Waals surface area contributed by atoms with E-state index in [1.54, 1.807) is 0 Å². The standard InChI is InChI=1S/C28H30O2/c1-4-21-29-25-18-16-24(17-19-25)28(3,5-2)20-10-12-23-11-9-15-27(22-23)30-26-13-7-6-8-14-26/h2,6-9,11,13-19,22H,4,10,12,20-21H2,1,3H3. The van der Waals surface area contributed by atoms with E-state index >= 15 is 0 Å². The molecule has 0 amide bonds. The summed E-state index contributed by atoms with van der Waals surface area (Å²) in [6.07, 6.45) is 9.83. The van der Waals surface area contributed by atoms with E-state index in [0.717, 1.165) is 55.1 Å². The third-order valence-electron chi connectivity index (χ3n) is 5.30. The second kappa shape index (κ2) is 10.6. The lowest BCUT2D eigenvalue weighted by Crippen LogP contribution is -2.19. The number of ether oxygens (including phenoxy) is 2. The zero-order valence-corrected chi connectivity index (χ0v) is 17.9. The Balaban J connectivity index is 1.59. The van der Waals surface area contributed by atoms with Gasteiger partial charge < -0.3 is 9.47 Å². The molecule has 30 heavy (non-hydrogen) atoms. The number of rotatable bonds is 10. The molecule has 2 heteroatoms. The zero-order valence-electron chi connectivity index (χ0n) is 17.9. The predicted molar refractivity (Wildman–Crippen MR) is 124 cm³/mol. The fraction of sp³-hybridized carbons (Fsp3) is 0.286. The predicted octanol–water partition coefficient (Wildman–Crippen LogP) is 7.18. The first-order valence-corrected chi connectivity index (χ1v) is 10.7. The Morgan fingerprint density at radius 3 is 2.30 bits per heavy atom. The normalized spacial score (nSPS) is 12.6. The van der Waals surface area contributed by atoms with Crippen molar-refractivity contribution >= 4 is 0 Å². The van der Waals surface area contributed by atoms with Crippen molar-refractivity contribution in [2.75, 3.05) is 6.61 Å². The van der Waals surface area contributed by atoms with Crippen molar-refractivity contribution in [2.24, 2.45) is 0 Å². The molecule has 0 heterocycles. The maximum Gasteiger partial charge on any atom is 0.127 e. The number of aryl methyl sites for hydroxylation is 1. The van der Waals surface area contributed by atoms with Crippen molar-refractivity contribution < 1.29 is 9.47 Å². The van der Waals surface area contributed by atoms with Crippen LogP contribution in [0.25, 0.3) is 0 Å². The molecule has 0 N–H and O–H groups in total. The molecule has 3 aromatic carbocycles. The summed E-state index contributed by atoms with van der Waals surface area (Å²) in [4.78, 5) is 0. The van der Waals surface area contributed by atoms with E-state index in [-0.39, 0.29) is 5.41 Å². The summed E-state index contributed by atoms with van der Waals surface area (Å²) in [6, 6.07) is 26.4. The monoisotopic (exact) mass is 398 g/mol. The molecular weight excluding hydrogens is 368 g/mol. The molecule has 1 unspecified atom stereocenters. The van der Waals surface area contributed by atoms with Gasteiger partial charge in [0, 0.05) is 0 Å². The van der Waals surface area contributed by atoms with Gasteiger partial charge in [-0.1, -0.05) is 55.3 Å². The second-order valence-corrected chi connectivity index (χ2v) is 7.77. The van der Waals surface area contributed by atoms with E-state index in [0.29, 0.717) is 0 Å². The van der Waals surface area contributed by atoms with Crippen LogP contribution in [0, 0.1) is 12.3 Å². The fourth-order valence-electron chi connectivity index (χ4n) is 3.47.